The zero-order chi connectivity index (χ0) is 38.2. The van der Waals surface area contributed by atoms with E-state index in [2.05, 4.69) is 20.6 Å². The summed E-state index contributed by atoms with van der Waals surface area (Å²) in [7, 11) is 1.25. The molecule has 7 N–H and O–H groups in total. The minimum absolute atomic E-state index is 0.00363. The summed E-state index contributed by atoms with van der Waals surface area (Å²) in [5.74, 6) is -4.33. The summed E-state index contributed by atoms with van der Waals surface area (Å²) >= 11 is 0. The molecular weight excluding hydrogens is 692 g/mol. The molecule has 15 nitrogen and oxygen atoms in total. The van der Waals surface area contributed by atoms with Gasteiger partial charge in [0.15, 0.2) is 23.0 Å². The number of ether oxygens (including phenoxy) is 1. The zero-order valence-corrected chi connectivity index (χ0v) is 29.5. The molecule has 0 spiro atoms. The third-order valence-electron chi connectivity index (χ3n) is 9.14. The van der Waals surface area contributed by atoms with Crippen LogP contribution in [0.1, 0.15) is 48.0 Å². The number of nitrogens with one attached hydrogen (secondary N) is 2. The predicted octanol–water partition coefficient (Wildman–Crippen LogP) is 2.83. The first-order valence-electron chi connectivity index (χ1n) is 17.2. The van der Waals surface area contributed by atoms with E-state index in [-0.39, 0.29) is 56.2 Å². The SMILES string of the molecule is COc1ccc(-c2cnc3c(Nc4ccc(C(=O)N5CCN(C(=O)C(CCC(=O)O)NC(=O)C(N)CCCCN)CC5)c(C)c4)nccn23)c(F)c1F. The molecule has 1 saturated heterocycles. The average molecular weight is 736 g/mol. The number of carbonyl (C=O) groups excluding carboxylic acids is 3. The Kier molecular flexibility index (Phi) is 12.5. The maximum absolute atomic E-state index is 14.9. The highest BCUT2D eigenvalue weighted by molar-refractivity contribution is 5.96. The number of carbonyl (C=O) groups is 4. The summed E-state index contributed by atoms with van der Waals surface area (Å²) in [6, 6.07) is 6.00. The molecule has 1 fully saturated rings. The zero-order valence-electron chi connectivity index (χ0n) is 29.5. The number of amides is 3. The van der Waals surface area contributed by atoms with Crippen molar-refractivity contribution in [2.45, 2.75) is 51.1 Å². The molecule has 3 heterocycles. The lowest BCUT2D eigenvalue weighted by Gasteiger charge is -2.37. The maximum Gasteiger partial charge on any atom is 0.303 e. The first kappa shape index (κ1) is 38.5. The van der Waals surface area contributed by atoms with Crippen molar-refractivity contribution in [2.75, 3.05) is 45.2 Å². The van der Waals surface area contributed by atoms with E-state index < -0.39 is 41.5 Å². The van der Waals surface area contributed by atoms with Crippen LogP contribution in [0.25, 0.3) is 16.9 Å². The van der Waals surface area contributed by atoms with E-state index in [1.54, 1.807) is 40.6 Å². The number of benzene rings is 2. The van der Waals surface area contributed by atoms with Crippen molar-refractivity contribution in [3.63, 3.8) is 0 Å². The van der Waals surface area contributed by atoms with Crippen LogP contribution in [0.3, 0.4) is 0 Å². The summed E-state index contributed by atoms with van der Waals surface area (Å²) in [5.41, 5.74) is 13.9. The highest BCUT2D eigenvalue weighted by Gasteiger charge is 2.32. The van der Waals surface area contributed by atoms with Crippen molar-refractivity contribution in [1.82, 2.24) is 29.5 Å². The van der Waals surface area contributed by atoms with Crippen LogP contribution in [-0.4, -0.2) is 105 Å². The molecule has 53 heavy (non-hydrogen) atoms. The van der Waals surface area contributed by atoms with Crippen LogP contribution in [0.15, 0.2) is 48.9 Å². The summed E-state index contributed by atoms with van der Waals surface area (Å²) < 4.78 is 35.8. The largest absolute Gasteiger partial charge is 0.494 e. The summed E-state index contributed by atoms with van der Waals surface area (Å²) in [6.45, 7) is 3.11. The van der Waals surface area contributed by atoms with Crippen LogP contribution >= 0.6 is 0 Å². The fourth-order valence-corrected chi connectivity index (χ4v) is 6.18. The highest BCUT2D eigenvalue weighted by Crippen LogP contribution is 2.32. The highest BCUT2D eigenvalue weighted by atomic mass is 19.2. The van der Waals surface area contributed by atoms with E-state index in [9.17, 15) is 33.1 Å². The molecule has 4 aromatic rings. The number of unbranched alkanes of at least 4 members (excludes halogenated alkanes) is 1. The number of methoxy groups -OCH3 is 1. The Hall–Kier alpha value is -5.68. The van der Waals surface area contributed by atoms with Gasteiger partial charge in [0, 0.05) is 61.8 Å². The molecule has 0 bridgehead atoms. The number of aliphatic carboxylic acids is 1. The number of aryl methyl sites for hydroxylation is 1. The number of aromatic nitrogens is 3. The van der Waals surface area contributed by atoms with Gasteiger partial charge in [-0.3, -0.25) is 23.6 Å². The molecule has 2 unspecified atom stereocenters. The Morgan fingerprint density at radius 3 is 2.42 bits per heavy atom. The molecule has 3 amide bonds. The van der Waals surface area contributed by atoms with Crippen molar-refractivity contribution < 1.29 is 37.8 Å². The number of carboxylic acid groups (broad SMARTS) is 1. The van der Waals surface area contributed by atoms with Gasteiger partial charge in [-0.05, 0) is 68.6 Å². The Labute approximate surface area is 304 Å². The van der Waals surface area contributed by atoms with Gasteiger partial charge in [0.25, 0.3) is 5.91 Å². The Morgan fingerprint density at radius 1 is 1.00 bits per heavy atom. The second-order valence-electron chi connectivity index (χ2n) is 12.7. The summed E-state index contributed by atoms with van der Waals surface area (Å²) in [6.07, 6.45) is 5.81. The molecule has 0 radical (unpaired) electrons. The minimum atomic E-state index is -1.11. The molecule has 2 aromatic heterocycles. The van der Waals surface area contributed by atoms with E-state index in [0.29, 0.717) is 59.8 Å². The maximum atomic E-state index is 14.9. The lowest BCUT2D eigenvalue weighted by atomic mass is 10.0. The number of hydrogen-bond acceptors (Lipinski definition) is 10. The Balaban J connectivity index is 1.22. The monoisotopic (exact) mass is 735 g/mol. The molecule has 5 rings (SSSR count). The second kappa shape index (κ2) is 17.2. The van der Waals surface area contributed by atoms with Gasteiger partial charge < -0.3 is 41.7 Å². The van der Waals surface area contributed by atoms with Crippen molar-refractivity contribution >= 4 is 40.8 Å². The van der Waals surface area contributed by atoms with Gasteiger partial charge in [-0.15, -0.1) is 0 Å². The van der Waals surface area contributed by atoms with Crippen molar-refractivity contribution in [3.8, 4) is 17.0 Å². The fourth-order valence-electron chi connectivity index (χ4n) is 6.18. The Bertz CT molecular complexity index is 1980. The number of rotatable bonds is 15. The van der Waals surface area contributed by atoms with Gasteiger partial charge in [0.2, 0.25) is 17.6 Å². The second-order valence-corrected chi connectivity index (χ2v) is 12.7. The van der Waals surface area contributed by atoms with Crippen LogP contribution in [0.5, 0.6) is 5.75 Å². The molecule has 282 valence electrons. The lowest BCUT2D eigenvalue weighted by molar-refractivity contribution is -0.140. The smallest absolute Gasteiger partial charge is 0.303 e. The van der Waals surface area contributed by atoms with Crippen molar-refractivity contribution in [2.24, 2.45) is 11.5 Å². The van der Waals surface area contributed by atoms with E-state index >= 15 is 0 Å². The normalized spacial score (nSPS) is 14.2. The molecular formula is C36H43F2N9O6. The number of halogens is 2. The minimum Gasteiger partial charge on any atom is -0.494 e. The van der Waals surface area contributed by atoms with Crippen LogP contribution in [-0.2, 0) is 14.4 Å². The number of piperazine rings is 1. The quantitative estimate of drug-likeness (QED) is 0.112. The molecule has 17 heteroatoms. The predicted molar refractivity (Wildman–Crippen MR) is 192 cm³/mol. The average Bonchev–Trinajstić information content (AvgIpc) is 3.59. The van der Waals surface area contributed by atoms with Gasteiger partial charge >= 0.3 is 5.97 Å². The third kappa shape index (κ3) is 8.86. The van der Waals surface area contributed by atoms with E-state index in [4.69, 9.17) is 16.2 Å². The summed E-state index contributed by atoms with van der Waals surface area (Å²) in [5, 5.41) is 15.0. The number of imidazole rings is 1. The molecule has 2 aromatic carbocycles. The van der Waals surface area contributed by atoms with Gasteiger partial charge in [0.1, 0.15) is 6.04 Å². The van der Waals surface area contributed by atoms with Crippen LogP contribution in [0, 0.1) is 18.6 Å². The molecule has 0 aliphatic carbocycles. The molecule has 1 aliphatic rings. The third-order valence-corrected chi connectivity index (χ3v) is 9.14. The van der Waals surface area contributed by atoms with Gasteiger partial charge in [0.05, 0.1) is 25.0 Å². The van der Waals surface area contributed by atoms with E-state index in [1.807, 2.05) is 0 Å². The Morgan fingerprint density at radius 2 is 1.74 bits per heavy atom. The van der Waals surface area contributed by atoms with Crippen molar-refractivity contribution in [3.05, 3.63) is 71.7 Å². The summed E-state index contributed by atoms with van der Waals surface area (Å²) in [4.78, 5) is 62.9. The molecule has 2 atom stereocenters. The van der Waals surface area contributed by atoms with Crippen molar-refractivity contribution in [1.29, 1.82) is 0 Å². The number of carboxylic acids is 1. The first-order chi connectivity index (χ1) is 25.4. The molecule has 0 saturated carbocycles. The first-order valence-corrected chi connectivity index (χ1v) is 17.2. The lowest BCUT2D eigenvalue weighted by Crippen LogP contribution is -2.57. The van der Waals surface area contributed by atoms with Crippen LogP contribution in [0.2, 0.25) is 0 Å². The van der Waals surface area contributed by atoms with Crippen LogP contribution in [0.4, 0.5) is 20.3 Å². The fraction of sp³-hybridized carbons (Fsp3) is 0.389. The molecule has 1 aliphatic heterocycles. The van der Waals surface area contributed by atoms with Gasteiger partial charge in [-0.1, -0.05) is 6.42 Å². The number of fused-ring (bicyclic) bond motifs is 1. The standard InChI is InChI=1S/C36H43F2N9O6/c1-21-19-22(43-32-33-42-20-27(47(33)14-13-41-32)24-8-10-28(53-2)31(38)30(24)37)6-7-23(21)35(51)45-15-17-46(18-16-45)36(52)26(9-11-29(48)49)44-34(50)25(40)5-3-4-12-39/h6-8,10,13-14,19-20,25-26H,3-5,9,11-12,15-18,39-40H2,1-2H3,(H,41,43)(H,44,50)(H,48,49). The number of nitrogens with zero attached hydrogens (tertiary/aromatic N) is 5. The van der Waals surface area contributed by atoms with Gasteiger partial charge in [-0.2, -0.15) is 4.39 Å². The van der Waals surface area contributed by atoms with E-state index in [0.717, 1.165) is 0 Å². The topological polar surface area (TPSA) is 211 Å². The number of nitrogens with two attached hydrogens (primary N) is 2. The number of anilines is 2. The number of hydrogen-bond donors (Lipinski definition) is 5. The van der Waals surface area contributed by atoms with Crippen LogP contribution < -0.4 is 26.8 Å². The van der Waals surface area contributed by atoms with E-state index in [1.165, 1.54) is 36.5 Å². The van der Waals surface area contributed by atoms with Gasteiger partial charge in [-0.25, -0.2) is 14.4 Å².